The highest BCUT2D eigenvalue weighted by atomic mass is 16.5. The zero-order valence-electron chi connectivity index (χ0n) is 11.5. The fraction of sp³-hybridized carbons (Fsp3) is 0.286. The number of nitrogens with zero attached hydrogens (tertiary/aromatic N) is 2. The summed E-state index contributed by atoms with van der Waals surface area (Å²) in [4.78, 5) is 19.8. The molecule has 0 saturated heterocycles. The second-order valence-corrected chi connectivity index (χ2v) is 4.63. The number of carboxylic acid groups (broad SMARTS) is 1. The van der Waals surface area contributed by atoms with Crippen LogP contribution in [0.2, 0.25) is 0 Å². The van der Waals surface area contributed by atoms with Crippen LogP contribution in [0, 0.1) is 0 Å². The van der Waals surface area contributed by atoms with Gasteiger partial charge in [0.05, 0.1) is 6.20 Å². The summed E-state index contributed by atoms with van der Waals surface area (Å²) in [5.74, 6) is -0.311. The molecule has 2 aromatic rings. The maximum atomic E-state index is 10.6. The smallest absolute Gasteiger partial charge is 0.328 e. The number of carbonyl (C=O) groups is 1. The Balaban J connectivity index is 2.18. The Kier molecular flexibility index (Phi) is 4.37. The summed E-state index contributed by atoms with van der Waals surface area (Å²) in [7, 11) is 3.96. The molecule has 20 heavy (non-hydrogen) atoms. The Bertz CT molecular complexity index is 632. The van der Waals surface area contributed by atoms with E-state index in [-0.39, 0.29) is 0 Å². The Morgan fingerprint density at radius 3 is 3.05 bits per heavy atom. The van der Waals surface area contributed by atoms with Gasteiger partial charge in [0, 0.05) is 29.8 Å². The molecule has 0 unspecified atom stereocenters. The van der Waals surface area contributed by atoms with Gasteiger partial charge in [0.2, 0.25) is 0 Å². The van der Waals surface area contributed by atoms with Crippen molar-refractivity contribution in [1.29, 1.82) is 0 Å². The van der Waals surface area contributed by atoms with E-state index < -0.39 is 5.97 Å². The van der Waals surface area contributed by atoms with Crippen molar-refractivity contribution in [2.45, 2.75) is 0 Å². The van der Waals surface area contributed by atoms with Gasteiger partial charge in [-0.2, -0.15) is 0 Å². The maximum absolute atomic E-state index is 10.6. The standard InChI is InChI=1S/C14H17N3O3/c1-17(2)5-6-20-11-7-12-10(3-4-13(18)19)8-15-14(12)16-9-11/h3-4,7-9H,5-6H2,1-2H3,(H,15,16)(H,18,19)/b4-3+. The molecule has 0 bridgehead atoms. The molecule has 0 atom stereocenters. The van der Waals surface area contributed by atoms with Crippen molar-refractivity contribution in [3.05, 3.63) is 30.1 Å². The first kappa shape index (κ1) is 14.1. The number of carboxylic acids is 1. The summed E-state index contributed by atoms with van der Waals surface area (Å²) < 4.78 is 5.62. The number of pyridine rings is 1. The average Bonchev–Trinajstić information content (AvgIpc) is 2.78. The topological polar surface area (TPSA) is 78.5 Å². The minimum absolute atomic E-state index is 0.574. The van der Waals surface area contributed by atoms with Crippen molar-refractivity contribution in [2.24, 2.45) is 0 Å². The third-order valence-electron chi connectivity index (χ3n) is 2.75. The molecular formula is C14H17N3O3. The third-order valence-corrected chi connectivity index (χ3v) is 2.75. The van der Waals surface area contributed by atoms with Crippen LogP contribution >= 0.6 is 0 Å². The van der Waals surface area contributed by atoms with Gasteiger partial charge in [0.25, 0.3) is 0 Å². The molecule has 0 aliphatic rings. The molecule has 2 rings (SSSR count). The number of likely N-dealkylation sites (N-methyl/N-ethyl adjacent to an activating group) is 1. The van der Waals surface area contributed by atoms with Crippen LogP contribution in [0.4, 0.5) is 0 Å². The van der Waals surface area contributed by atoms with Gasteiger partial charge < -0.3 is 19.7 Å². The molecule has 106 valence electrons. The van der Waals surface area contributed by atoms with Crippen LogP contribution in [-0.4, -0.2) is 53.2 Å². The summed E-state index contributed by atoms with van der Waals surface area (Å²) >= 11 is 0. The molecule has 0 aliphatic heterocycles. The van der Waals surface area contributed by atoms with Crippen LogP contribution in [0.15, 0.2) is 24.5 Å². The number of aromatic amines is 1. The molecule has 2 heterocycles. The van der Waals surface area contributed by atoms with E-state index in [4.69, 9.17) is 9.84 Å². The van der Waals surface area contributed by atoms with E-state index in [1.807, 2.05) is 25.1 Å². The lowest BCUT2D eigenvalue weighted by Gasteiger charge is -2.10. The monoisotopic (exact) mass is 275 g/mol. The number of fused-ring (bicyclic) bond motifs is 1. The van der Waals surface area contributed by atoms with E-state index in [0.717, 1.165) is 23.6 Å². The summed E-state index contributed by atoms with van der Waals surface area (Å²) in [6.07, 6.45) is 6.01. The molecule has 0 spiro atoms. The van der Waals surface area contributed by atoms with Gasteiger partial charge in [-0.15, -0.1) is 0 Å². The molecule has 6 nitrogen and oxygen atoms in total. The molecule has 0 aliphatic carbocycles. The number of aromatic nitrogens is 2. The lowest BCUT2D eigenvalue weighted by atomic mass is 10.2. The normalized spacial score (nSPS) is 11.6. The number of rotatable bonds is 6. The molecule has 2 N–H and O–H groups in total. The largest absolute Gasteiger partial charge is 0.491 e. The Labute approximate surface area is 116 Å². The van der Waals surface area contributed by atoms with Crippen LogP contribution in [0.5, 0.6) is 5.75 Å². The van der Waals surface area contributed by atoms with E-state index in [9.17, 15) is 4.79 Å². The second kappa shape index (κ2) is 6.21. The molecule has 0 radical (unpaired) electrons. The molecule has 0 aromatic carbocycles. The third kappa shape index (κ3) is 3.58. The van der Waals surface area contributed by atoms with Gasteiger partial charge in [0.15, 0.2) is 0 Å². The highest BCUT2D eigenvalue weighted by Crippen LogP contribution is 2.22. The number of H-pyrrole nitrogens is 1. The SMILES string of the molecule is CN(C)CCOc1cnc2[nH]cc(/C=C/C(=O)O)c2c1. The maximum Gasteiger partial charge on any atom is 0.328 e. The van der Waals surface area contributed by atoms with E-state index in [0.29, 0.717) is 18.0 Å². The molecular weight excluding hydrogens is 258 g/mol. The summed E-state index contributed by atoms with van der Waals surface area (Å²) in [6.45, 7) is 1.39. The zero-order valence-corrected chi connectivity index (χ0v) is 11.5. The van der Waals surface area contributed by atoms with Gasteiger partial charge in [-0.25, -0.2) is 9.78 Å². The number of aliphatic carboxylic acids is 1. The van der Waals surface area contributed by atoms with E-state index in [1.165, 1.54) is 6.08 Å². The Morgan fingerprint density at radius 2 is 2.35 bits per heavy atom. The fourth-order valence-electron chi connectivity index (χ4n) is 1.73. The van der Waals surface area contributed by atoms with E-state index in [2.05, 4.69) is 9.97 Å². The van der Waals surface area contributed by atoms with Crippen molar-refractivity contribution in [2.75, 3.05) is 27.2 Å². The van der Waals surface area contributed by atoms with Crippen molar-refractivity contribution in [3.63, 3.8) is 0 Å². The molecule has 6 heteroatoms. The molecule has 0 amide bonds. The lowest BCUT2D eigenvalue weighted by Crippen LogP contribution is -2.19. The predicted octanol–water partition coefficient (Wildman–Crippen LogP) is 1.60. The predicted molar refractivity (Wildman–Crippen MR) is 76.8 cm³/mol. The van der Waals surface area contributed by atoms with Gasteiger partial charge >= 0.3 is 5.97 Å². The fourth-order valence-corrected chi connectivity index (χ4v) is 1.73. The number of nitrogens with one attached hydrogen (secondary N) is 1. The van der Waals surface area contributed by atoms with Crippen molar-refractivity contribution < 1.29 is 14.6 Å². The summed E-state index contributed by atoms with van der Waals surface area (Å²) in [6, 6.07) is 1.86. The highest BCUT2D eigenvalue weighted by molar-refractivity contribution is 5.92. The first-order valence-corrected chi connectivity index (χ1v) is 6.22. The highest BCUT2D eigenvalue weighted by Gasteiger charge is 2.05. The number of hydrogen-bond donors (Lipinski definition) is 2. The van der Waals surface area contributed by atoms with Crippen LogP contribution in [0.1, 0.15) is 5.56 Å². The van der Waals surface area contributed by atoms with Gasteiger partial charge in [-0.3, -0.25) is 0 Å². The summed E-state index contributed by atoms with van der Waals surface area (Å²) in [5, 5.41) is 9.50. The molecule has 0 saturated carbocycles. The van der Waals surface area contributed by atoms with Crippen LogP contribution in [-0.2, 0) is 4.79 Å². The average molecular weight is 275 g/mol. The van der Waals surface area contributed by atoms with Gasteiger partial charge in [-0.1, -0.05) is 0 Å². The molecule has 2 aromatic heterocycles. The quantitative estimate of drug-likeness (QED) is 0.783. The van der Waals surface area contributed by atoms with Gasteiger partial charge in [0.1, 0.15) is 18.0 Å². The number of hydrogen-bond acceptors (Lipinski definition) is 4. The summed E-state index contributed by atoms with van der Waals surface area (Å²) in [5.41, 5.74) is 1.47. The Morgan fingerprint density at radius 1 is 1.55 bits per heavy atom. The zero-order chi connectivity index (χ0) is 14.5. The van der Waals surface area contributed by atoms with Crippen LogP contribution in [0.3, 0.4) is 0 Å². The Hall–Kier alpha value is -2.34. The minimum Gasteiger partial charge on any atom is -0.491 e. The molecule has 0 fully saturated rings. The van der Waals surface area contributed by atoms with Crippen molar-refractivity contribution in [1.82, 2.24) is 14.9 Å². The van der Waals surface area contributed by atoms with Crippen LogP contribution in [0.25, 0.3) is 17.1 Å². The van der Waals surface area contributed by atoms with Gasteiger partial charge in [-0.05, 0) is 26.2 Å². The van der Waals surface area contributed by atoms with E-state index in [1.54, 1.807) is 12.4 Å². The number of ether oxygens (including phenoxy) is 1. The van der Waals surface area contributed by atoms with Crippen molar-refractivity contribution >= 4 is 23.1 Å². The second-order valence-electron chi connectivity index (χ2n) is 4.63. The van der Waals surface area contributed by atoms with Crippen LogP contribution < -0.4 is 4.74 Å². The van der Waals surface area contributed by atoms with Crippen molar-refractivity contribution in [3.8, 4) is 5.75 Å². The van der Waals surface area contributed by atoms with E-state index >= 15 is 0 Å². The first-order valence-electron chi connectivity index (χ1n) is 6.22. The lowest BCUT2D eigenvalue weighted by molar-refractivity contribution is -0.131. The minimum atomic E-state index is -0.981. The first-order chi connectivity index (χ1) is 9.56.